The van der Waals surface area contributed by atoms with E-state index in [2.05, 4.69) is 31.2 Å². The van der Waals surface area contributed by atoms with Crippen molar-refractivity contribution >= 4 is 11.2 Å². The molecule has 5 heteroatoms. The zero-order chi connectivity index (χ0) is 14.5. The molecule has 0 atom stereocenters. The van der Waals surface area contributed by atoms with Gasteiger partial charge in [0, 0.05) is 12.7 Å². The second kappa shape index (κ2) is 7.00. The third kappa shape index (κ3) is 3.80. The van der Waals surface area contributed by atoms with E-state index in [1.54, 1.807) is 0 Å². The lowest BCUT2D eigenvalue weighted by atomic mass is 10.1. The summed E-state index contributed by atoms with van der Waals surface area (Å²) in [6.07, 6.45) is 7.23. The van der Waals surface area contributed by atoms with Gasteiger partial charge in [-0.15, -0.1) is 0 Å². The second-order valence-corrected chi connectivity index (χ2v) is 5.92. The van der Waals surface area contributed by atoms with E-state index in [0.717, 1.165) is 30.1 Å². The molecule has 2 aromatic heterocycles. The maximum Gasteiger partial charge on any atom is 0.177 e. The number of H-pyrrole nitrogens is 1. The largest absolute Gasteiger partial charge is 0.341 e. The number of rotatable bonds is 6. The van der Waals surface area contributed by atoms with Crippen LogP contribution >= 0.6 is 0 Å². The van der Waals surface area contributed by atoms with Crippen molar-refractivity contribution in [2.24, 2.45) is 0 Å². The average Bonchev–Trinajstić information content (AvgIpc) is 2.89. The fourth-order valence-corrected chi connectivity index (χ4v) is 3.06. The zero-order valence-corrected chi connectivity index (χ0v) is 12.9. The van der Waals surface area contributed by atoms with Crippen molar-refractivity contribution in [3.8, 4) is 0 Å². The Morgan fingerprint density at radius 2 is 2.14 bits per heavy atom. The first kappa shape index (κ1) is 14.5. The molecule has 0 aromatic carbocycles. The number of piperidine rings is 1. The summed E-state index contributed by atoms with van der Waals surface area (Å²) in [4.78, 5) is 14.6. The van der Waals surface area contributed by atoms with Gasteiger partial charge < -0.3 is 15.2 Å². The first-order chi connectivity index (χ1) is 10.3. The Hall–Kier alpha value is -1.46. The minimum Gasteiger partial charge on any atom is -0.341 e. The number of aromatic nitrogens is 3. The highest BCUT2D eigenvalue weighted by Crippen LogP contribution is 2.13. The van der Waals surface area contributed by atoms with Crippen LogP contribution in [-0.4, -0.2) is 46.0 Å². The summed E-state index contributed by atoms with van der Waals surface area (Å²) in [6, 6.07) is 2.07. The van der Waals surface area contributed by atoms with Crippen molar-refractivity contribution in [1.82, 2.24) is 25.2 Å². The Morgan fingerprint density at radius 1 is 1.29 bits per heavy atom. The number of hydrogen-bond acceptors (Lipinski definition) is 4. The Balaban J connectivity index is 1.44. The lowest BCUT2D eigenvalue weighted by molar-refractivity contribution is 0.225. The molecule has 0 aliphatic carbocycles. The predicted octanol–water partition coefficient (Wildman–Crippen LogP) is 2.23. The Bertz CT molecular complexity index is 571. The fraction of sp³-hybridized carbons (Fsp3) is 0.625. The average molecular weight is 287 g/mol. The molecule has 2 N–H and O–H groups in total. The van der Waals surface area contributed by atoms with Crippen molar-refractivity contribution in [2.75, 3.05) is 26.2 Å². The van der Waals surface area contributed by atoms with Crippen LogP contribution in [-0.2, 0) is 6.54 Å². The molecule has 21 heavy (non-hydrogen) atoms. The van der Waals surface area contributed by atoms with E-state index in [9.17, 15) is 0 Å². The van der Waals surface area contributed by atoms with Gasteiger partial charge in [0.15, 0.2) is 5.65 Å². The molecule has 2 aromatic rings. The van der Waals surface area contributed by atoms with Crippen LogP contribution in [0, 0.1) is 6.92 Å². The highest BCUT2D eigenvalue weighted by atomic mass is 15.1. The summed E-state index contributed by atoms with van der Waals surface area (Å²) in [5, 5.41) is 3.54. The highest BCUT2D eigenvalue weighted by Gasteiger charge is 2.09. The maximum absolute atomic E-state index is 4.38. The molecule has 114 valence electrons. The molecule has 1 aliphatic heterocycles. The number of likely N-dealkylation sites (tertiary alicyclic amines) is 1. The molecule has 0 bridgehead atoms. The van der Waals surface area contributed by atoms with Crippen LogP contribution in [0.4, 0.5) is 0 Å². The molecule has 1 aliphatic rings. The summed E-state index contributed by atoms with van der Waals surface area (Å²) < 4.78 is 0. The van der Waals surface area contributed by atoms with Crippen LogP contribution in [0.15, 0.2) is 12.3 Å². The molecule has 0 saturated carbocycles. The van der Waals surface area contributed by atoms with Gasteiger partial charge in [-0.05, 0) is 64.0 Å². The number of nitrogens with one attached hydrogen (secondary N) is 2. The lowest BCUT2D eigenvalue weighted by Gasteiger charge is -2.26. The summed E-state index contributed by atoms with van der Waals surface area (Å²) >= 11 is 0. The topological polar surface area (TPSA) is 56.8 Å². The minimum atomic E-state index is 0.820. The SMILES string of the molecule is Cc1nc2nccc(CNCCCN3CCCCC3)c2[nH]1. The van der Waals surface area contributed by atoms with Crippen molar-refractivity contribution in [3.05, 3.63) is 23.7 Å². The third-order valence-electron chi connectivity index (χ3n) is 4.19. The molecule has 1 saturated heterocycles. The Labute approximate surface area is 126 Å². The van der Waals surface area contributed by atoms with E-state index >= 15 is 0 Å². The van der Waals surface area contributed by atoms with Crippen molar-refractivity contribution in [2.45, 2.75) is 39.2 Å². The van der Waals surface area contributed by atoms with Crippen LogP contribution in [0.1, 0.15) is 37.1 Å². The number of nitrogens with zero attached hydrogens (tertiary/aromatic N) is 3. The third-order valence-corrected chi connectivity index (χ3v) is 4.19. The monoisotopic (exact) mass is 287 g/mol. The van der Waals surface area contributed by atoms with Gasteiger partial charge >= 0.3 is 0 Å². The van der Waals surface area contributed by atoms with Crippen LogP contribution < -0.4 is 5.32 Å². The highest BCUT2D eigenvalue weighted by molar-refractivity contribution is 5.74. The number of imidazole rings is 1. The fourth-order valence-electron chi connectivity index (χ4n) is 3.06. The Morgan fingerprint density at radius 3 is 3.00 bits per heavy atom. The van der Waals surface area contributed by atoms with E-state index < -0.39 is 0 Å². The van der Waals surface area contributed by atoms with Crippen LogP contribution in [0.2, 0.25) is 0 Å². The van der Waals surface area contributed by atoms with Gasteiger partial charge in [0.1, 0.15) is 5.82 Å². The quantitative estimate of drug-likeness (QED) is 0.800. The van der Waals surface area contributed by atoms with Crippen LogP contribution in [0.5, 0.6) is 0 Å². The molecule has 3 rings (SSSR count). The Kier molecular flexibility index (Phi) is 4.83. The summed E-state index contributed by atoms with van der Waals surface area (Å²) in [5.74, 6) is 0.926. The first-order valence-electron chi connectivity index (χ1n) is 8.06. The van der Waals surface area contributed by atoms with Gasteiger partial charge in [0.05, 0.1) is 5.52 Å². The minimum absolute atomic E-state index is 0.820. The van der Waals surface area contributed by atoms with Crippen LogP contribution in [0.3, 0.4) is 0 Å². The number of aromatic amines is 1. The standard InChI is InChI=1S/C16H25N5/c1-13-19-15-14(6-8-18-16(15)20-13)12-17-7-5-11-21-9-3-2-4-10-21/h6,8,17H,2-5,7,9-12H2,1H3,(H,18,19,20). The molecular weight excluding hydrogens is 262 g/mol. The summed E-state index contributed by atoms with van der Waals surface area (Å²) in [6.45, 7) is 7.71. The number of hydrogen-bond donors (Lipinski definition) is 2. The van der Waals surface area contributed by atoms with E-state index in [-0.39, 0.29) is 0 Å². The summed E-state index contributed by atoms with van der Waals surface area (Å²) in [5.41, 5.74) is 3.14. The predicted molar refractivity (Wildman–Crippen MR) is 85.2 cm³/mol. The molecule has 3 heterocycles. The number of aryl methyl sites for hydroxylation is 1. The smallest absolute Gasteiger partial charge is 0.177 e. The second-order valence-electron chi connectivity index (χ2n) is 5.92. The molecule has 1 fully saturated rings. The van der Waals surface area contributed by atoms with Gasteiger partial charge in [-0.1, -0.05) is 6.42 Å². The maximum atomic E-state index is 4.38. The van der Waals surface area contributed by atoms with Gasteiger partial charge in [-0.2, -0.15) is 0 Å². The van der Waals surface area contributed by atoms with Gasteiger partial charge in [-0.3, -0.25) is 0 Å². The molecule has 5 nitrogen and oxygen atoms in total. The lowest BCUT2D eigenvalue weighted by Crippen LogP contribution is -2.32. The molecule has 0 unspecified atom stereocenters. The van der Waals surface area contributed by atoms with Crippen LogP contribution in [0.25, 0.3) is 11.2 Å². The molecule has 0 amide bonds. The summed E-state index contributed by atoms with van der Waals surface area (Å²) in [7, 11) is 0. The normalized spacial score (nSPS) is 16.6. The van der Waals surface area contributed by atoms with Gasteiger partial charge in [-0.25, -0.2) is 9.97 Å². The van der Waals surface area contributed by atoms with E-state index in [1.165, 1.54) is 50.9 Å². The molecular formula is C16H25N5. The number of fused-ring (bicyclic) bond motifs is 1. The molecule has 0 spiro atoms. The zero-order valence-electron chi connectivity index (χ0n) is 12.9. The van der Waals surface area contributed by atoms with E-state index in [0.29, 0.717) is 0 Å². The molecule has 0 radical (unpaired) electrons. The van der Waals surface area contributed by atoms with Gasteiger partial charge in [0.2, 0.25) is 0 Å². The van der Waals surface area contributed by atoms with E-state index in [4.69, 9.17) is 0 Å². The van der Waals surface area contributed by atoms with Gasteiger partial charge in [0.25, 0.3) is 0 Å². The number of pyridine rings is 1. The first-order valence-corrected chi connectivity index (χ1v) is 8.06. The van der Waals surface area contributed by atoms with Crippen molar-refractivity contribution in [1.29, 1.82) is 0 Å². The van der Waals surface area contributed by atoms with E-state index in [1.807, 2.05) is 13.1 Å². The van der Waals surface area contributed by atoms with Crippen molar-refractivity contribution in [3.63, 3.8) is 0 Å². The van der Waals surface area contributed by atoms with Crippen molar-refractivity contribution < 1.29 is 0 Å².